The predicted molar refractivity (Wildman–Crippen MR) is 47.7 cm³/mol. The smallest absolute Gasteiger partial charge is 0 e. The second kappa shape index (κ2) is 4.25. The van der Waals surface area contributed by atoms with Crippen LogP contribution in [0.4, 0.5) is 0 Å². The summed E-state index contributed by atoms with van der Waals surface area (Å²) in [5, 5.41) is 0. The summed E-state index contributed by atoms with van der Waals surface area (Å²) in [6, 6.07) is 4.97. The largest absolute Gasteiger partial charge is 0.474 e. The van der Waals surface area contributed by atoms with E-state index in [9.17, 15) is 0 Å². The fourth-order valence-corrected chi connectivity index (χ4v) is 1.22. The van der Waals surface area contributed by atoms with Crippen molar-refractivity contribution in [2.75, 3.05) is 0 Å². The Bertz CT molecular complexity index is 374. The molecule has 0 amide bonds. The van der Waals surface area contributed by atoms with Crippen LogP contribution in [0.3, 0.4) is 0 Å². The molecule has 2 nitrogen and oxygen atoms in total. The summed E-state index contributed by atoms with van der Waals surface area (Å²) in [5.41, 5.74) is 4.47. The Balaban J connectivity index is 0.000000845. The minimum absolute atomic E-state index is 0. The number of nitrogens with one attached hydrogen (secondary N) is 2. The maximum absolute atomic E-state index is 3.10. The van der Waals surface area contributed by atoms with E-state index in [1.54, 1.807) is 0 Å². The van der Waals surface area contributed by atoms with Crippen LogP contribution in [0.15, 0.2) is 12.3 Å². The van der Waals surface area contributed by atoms with Crippen molar-refractivity contribution < 1.29 is 32.7 Å². The summed E-state index contributed by atoms with van der Waals surface area (Å²) in [6.45, 7) is 4.12. The number of aryl methyl sites for hydroxylation is 1. The molecule has 0 aliphatic rings. The van der Waals surface area contributed by atoms with E-state index in [-0.39, 0.29) is 32.7 Å². The van der Waals surface area contributed by atoms with E-state index in [0.29, 0.717) is 0 Å². The van der Waals surface area contributed by atoms with Crippen LogP contribution in [0, 0.1) is 26.1 Å². The van der Waals surface area contributed by atoms with Crippen LogP contribution in [0.2, 0.25) is 0 Å². The van der Waals surface area contributed by atoms with Crippen LogP contribution < -0.4 is 0 Å². The summed E-state index contributed by atoms with van der Waals surface area (Å²) >= 11 is 0. The summed E-state index contributed by atoms with van der Waals surface area (Å²) in [4.78, 5) is 6.16. The van der Waals surface area contributed by atoms with E-state index >= 15 is 0 Å². The Morgan fingerprint density at radius 1 is 1.31 bits per heavy atom. The Labute approximate surface area is 103 Å². The van der Waals surface area contributed by atoms with Gasteiger partial charge in [0.2, 0.25) is 0 Å². The van der Waals surface area contributed by atoms with E-state index in [2.05, 4.69) is 29.2 Å². The number of aromatic nitrogens is 2. The van der Waals surface area contributed by atoms with Gasteiger partial charge in [0.15, 0.2) is 0 Å². The van der Waals surface area contributed by atoms with Crippen molar-refractivity contribution in [2.45, 2.75) is 13.8 Å². The van der Waals surface area contributed by atoms with Gasteiger partial charge in [0.1, 0.15) is 0 Å². The standard InChI is InChI=1S/C10H10N2.Y/c1-7-8(2)12-6-9(7)10-4-3-5-11-10;/h3,5,11-12H,1-2H3;/q-2;. The van der Waals surface area contributed by atoms with Crippen molar-refractivity contribution in [1.29, 1.82) is 0 Å². The average Bonchev–Trinajstić information content (AvgIpc) is 2.64. The van der Waals surface area contributed by atoms with Crippen molar-refractivity contribution in [3.63, 3.8) is 0 Å². The van der Waals surface area contributed by atoms with Gasteiger partial charge >= 0.3 is 0 Å². The molecule has 2 N–H and O–H groups in total. The molecule has 2 aromatic rings. The maximum Gasteiger partial charge on any atom is 0 e. The minimum atomic E-state index is 0. The van der Waals surface area contributed by atoms with E-state index < -0.39 is 0 Å². The predicted octanol–water partition coefficient (Wildman–Crippen LogP) is 2.22. The molecule has 0 unspecified atom stereocenters. The molecule has 1 radical (unpaired) electrons. The fraction of sp³-hybridized carbons (Fsp3) is 0.200. The molecule has 0 aliphatic heterocycles. The third-order valence-corrected chi connectivity index (χ3v) is 2.10. The molecule has 0 aromatic carbocycles. The molecule has 0 saturated heterocycles. The molecule has 0 fully saturated rings. The molecule has 13 heavy (non-hydrogen) atoms. The number of rotatable bonds is 1. The van der Waals surface area contributed by atoms with Crippen molar-refractivity contribution >= 4 is 0 Å². The second-order valence-corrected chi connectivity index (χ2v) is 2.87. The number of H-pyrrole nitrogens is 2. The first kappa shape index (κ1) is 10.7. The molecule has 0 spiro atoms. The first-order valence-electron chi connectivity index (χ1n) is 3.91. The molecule has 2 heterocycles. The Hall–Kier alpha value is -0.336. The monoisotopic (exact) mass is 247 g/mol. The summed E-state index contributed by atoms with van der Waals surface area (Å²) < 4.78 is 0. The van der Waals surface area contributed by atoms with Crippen LogP contribution in [0.5, 0.6) is 0 Å². The topological polar surface area (TPSA) is 31.6 Å². The van der Waals surface area contributed by atoms with Gasteiger partial charge in [-0.05, 0) is 0 Å². The van der Waals surface area contributed by atoms with E-state index in [4.69, 9.17) is 0 Å². The van der Waals surface area contributed by atoms with Gasteiger partial charge in [0.05, 0.1) is 0 Å². The minimum Gasteiger partial charge on any atom is -0.474 e. The molecule has 2 aromatic heterocycles. The van der Waals surface area contributed by atoms with Gasteiger partial charge in [0.25, 0.3) is 0 Å². The third-order valence-electron chi connectivity index (χ3n) is 2.10. The van der Waals surface area contributed by atoms with Gasteiger partial charge in [-0.2, -0.15) is 17.3 Å². The summed E-state index contributed by atoms with van der Waals surface area (Å²) in [6.07, 6.45) is 4.95. The van der Waals surface area contributed by atoms with Gasteiger partial charge in [-0.15, -0.1) is 18.1 Å². The van der Waals surface area contributed by atoms with Gasteiger partial charge < -0.3 is 9.97 Å². The zero-order valence-electron chi connectivity index (χ0n) is 7.73. The summed E-state index contributed by atoms with van der Waals surface area (Å²) in [5.74, 6) is 0. The quantitative estimate of drug-likeness (QED) is 0.724. The Kier molecular flexibility index (Phi) is 3.51. The molecule has 0 bridgehead atoms. The molecule has 0 atom stereocenters. The molecule has 0 aliphatic carbocycles. The number of hydrogen-bond donors (Lipinski definition) is 2. The van der Waals surface area contributed by atoms with E-state index in [0.717, 1.165) is 17.0 Å². The van der Waals surface area contributed by atoms with E-state index in [1.807, 2.05) is 19.2 Å². The van der Waals surface area contributed by atoms with Crippen LogP contribution in [0.1, 0.15) is 11.3 Å². The SMILES string of the molecule is Cc1[nH][c-]c(-c2[c-]cc[nH]2)c1C.[Y]. The van der Waals surface area contributed by atoms with Gasteiger partial charge in [-0.25, -0.2) is 11.6 Å². The second-order valence-electron chi connectivity index (χ2n) is 2.87. The van der Waals surface area contributed by atoms with Crippen molar-refractivity contribution in [2.24, 2.45) is 0 Å². The van der Waals surface area contributed by atoms with Crippen molar-refractivity contribution in [3.8, 4) is 11.3 Å². The van der Waals surface area contributed by atoms with Crippen LogP contribution in [0.25, 0.3) is 11.3 Å². The van der Waals surface area contributed by atoms with Crippen LogP contribution in [-0.2, 0) is 32.7 Å². The van der Waals surface area contributed by atoms with E-state index in [1.165, 1.54) is 5.56 Å². The molecule has 3 heteroatoms. The van der Waals surface area contributed by atoms with Crippen molar-refractivity contribution in [3.05, 3.63) is 35.8 Å². The van der Waals surface area contributed by atoms with Gasteiger partial charge in [0, 0.05) is 32.7 Å². The van der Waals surface area contributed by atoms with Gasteiger partial charge in [-0.1, -0.05) is 13.8 Å². The average molecular weight is 247 g/mol. The van der Waals surface area contributed by atoms with Gasteiger partial charge in [-0.3, -0.25) is 0 Å². The summed E-state index contributed by atoms with van der Waals surface area (Å²) in [7, 11) is 0. The first-order chi connectivity index (χ1) is 5.79. The Morgan fingerprint density at radius 2 is 2.08 bits per heavy atom. The molecular formula is C10H10N2Y-2. The molecule has 2 rings (SSSR count). The zero-order chi connectivity index (χ0) is 8.55. The number of aromatic amines is 2. The third kappa shape index (κ3) is 1.95. The first-order valence-corrected chi connectivity index (χ1v) is 3.91. The fourth-order valence-electron chi connectivity index (χ4n) is 1.22. The molecule has 0 saturated carbocycles. The number of hydrogen-bond acceptors (Lipinski definition) is 0. The van der Waals surface area contributed by atoms with Crippen LogP contribution in [-0.4, -0.2) is 9.97 Å². The van der Waals surface area contributed by atoms with Crippen LogP contribution >= 0.6 is 0 Å². The molecular weight excluding hydrogens is 237 g/mol. The Morgan fingerprint density at radius 3 is 2.54 bits per heavy atom. The normalized spacial score (nSPS) is 9.69. The maximum atomic E-state index is 3.10. The molecule has 65 valence electrons. The van der Waals surface area contributed by atoms with Crippen molar-refractivity contribution in [1.82, 2.24) is 9.97 Å². The zero-order valence-corrected chi connectivity index (χ0v) is 10.6.